The zero-order valence-electron chi connectivity index (χ0n) is 13.3. The minimum absolute atomic E-state index is 0.0949. The Kier molecular flexibility index (Phi) is 4.43. The number of halogens is 2. The number of alkyl halides is 1. The van der Waals surface area contributed by atoms with E-state index in [2.05, 4.69) is 25.8 Å². The van der Waals surface area contributed by atoms with E-state index in [1.165, 1.54) is 0 Å². The van der Waals surface area contributed by atoms with Gasteiger partial charge in [-0.05, 0) is 71.6 Å². The smallest absolute Gasteiger partial charge is 0.118 e. The van der Waals surface area contributed by atoms with Gasteiger partial charge >= 0.3 is 0 Å². The topological polar surface area (TPSA) is 36.4 Å². The van der Waals surface area contributed by atoms with Crippen LogP contribution in [0.3, 0.4) is 0 Å². The van der Waals surface area contributed by atoms with Gasteiger partial charge < -0.3 is 5.11 Å². The van der Waals surface area contributed by atoms with E-state index < -0.39 is 5.67 Å². The van der Waals surface area contributed by atoms with Crippen molar-refractivity contribution in [3.05, 3.63) is 57.8 Å². The lowest BCUT2D eigenvalue weighted by molar-refractivity contribution is 0.0985. The minimum atomic E-state index is -1.28. The average molecular weight is 379 g/mol. The van der Waals surface area contributed by atoms with Crippen molar-refractivity contribution in [2.45, 2.75) is 32.0 Å². The maximum absolute atomic E-state index is 14.3. The fourth-order valence-corrected chi connectivity index (χ4v) is 3.45. The Morgan fingerprint density at radius 3 is 2.78 bits per heavy atom. The molecular weight excluding hydrogens is 359 g/mol. The molecule has 1 aliphatic heterocycles. The zero-order valence-corrected chi connectivity index (χ0v) is 14.8. The largest absolute Gasteiger partial charge is 0.508 e. The second-order valence-corrected chi connectivity index (χ2v) is 7.54. The Labute approximate surface area is 144 Å². The molecule has 1 aromatic heterocycles. The summed E-state index contributed by atoms with van der Waals surface area (Å²) >= 11 is 3.41. The summed E-state index contributed by atoms with van der Waals surface area (Å²) in [5.74, 6) is 0.269. The van der Waals surface area contributed by atoms with E-state index in [0.29, 0.717) is 6.54 Å². The summed E-state index contributed by atoms with van der Waals surface area (Å²) in [5, 5.41) is 9.74. The van der Waals surface area contributed by atoms with Gasteiger partial charge in [0.05, 0.1) is 11.7 Å². The number of aromatic nitrogens is 1. The van der Waals surface area contributed by atoms with Crippen LogP contribution in [0.25, 0.3) is 0 Å². The summed E-state index contributed by atoms with van der Waals surface area (Å²) in [6.45, 7) is 4.29. The third-order valence-corrected chi connectivity index (χ3v) is 4.53. The van der Waals surface area contributed by atoms with Crippen molar-refractivity contribution in [2.75, 3.05) is 13.1 Å². The Bertz CT molecular complexity index is 697. The van der Waals surface area contributed by atoms with Gasteiger partial charge in [0, 0.05) is 23.8 Å². The molecule has 1 atom stereocenters. The molecule has 0 fully saturated rings. The monoisotopic (exact) mass is 378 g/mol. The number of hydrogen-bond donors (Lipinski definition) is 1. The van der Waals surface area contributed by atoms with Crippen LogP contribution in [-0.2, 0) is 6.42 Å². The molecule has 0 aliphatic carbocycles. The first-order valence-corrected chi connectivity index (χ1v) is 8.49. The predicted molar refractivity (Wildman–Crippen MR) is 92.4 cm³/mol. The van der Waals surface area contributed by atoms with Crippen LogP contribution in [0, 0.1) is 0 Å². The molecule has 0 spiro atoms. The highest BCUT2D eigenvalue weighted by Gasteiger charge is 2.33. The van der Waals surface area contributed by atoms with Gasteiger partial charge in [-0.15, -0.1) is 0 Å². The number of phenols is 1. The van der Waals surface area contributed by atoms with Crippen molar-refractivity contribution in [3.63, 3.8) is 0 Å². The van der Waals surface area contributed by atoms with Gasteiger partial charge in [-0.3, -0.25) is 9.88 Å². The lowest BCUT2D eigenvalue weighted by Crippen LogP contribution is -2.43. The zero-order chi connectivity index (χ0) is 16.6. The number of hydrogen-bond acceptors (Lipinski definition) is 3. The van der Waals surface area contributed by atoms with Crippen LogP contribution in [-0.4, -0.2) is 33.7 Å². The minimum Gasteiger partial charge on any atom is -0.508 e. The molecule has 2 heterocycles. The molecule has 0 amide bonds. The summed E-state index contributed by atoms with van der Waals surface area (Å²) in [6.07, 6.45) is 2.57. The Hall–Kier alpha value is -1.46. The summed E-state index contributed by atoms with van der Waals surface area (Å²) < 4.78 is 15.2. The van der Waals surface area contributed by atoms with Gasteiger partial charge in [-0.2, -0.15) is 0 Å². The van der Waals surface area contributed by atoms with Crippen LogP contribution in [0.5, 0.6) is 5.75 Å². The lowest BCUT2D eigenvalue weighted by atomic mass is 9.89. The number of nitrogens with zero attached hydrogens (tertiary/aromatic N) is 2. The van der Waals surface area contributed by atoms with Crippen molar-refractivity contribution < 1.29 is 9.50 Å². The van der Waals surface area contributed by atoms with E-state index in [1.54, 1.807) is 32.2 Å². The molecule has 2 aromatic rings. The number of phenolic OH excluding ortho intramolecular Hbond substituents is 1. The molecule has 3 rings (SSSR count). The fraction of sp³-hybridized carbons (Fsp3) is 0.389. The van der Waals surface area contributed by atoms with Gasteiger partial charge in [0.25, 0.3) is 0 Å². The standard InChI is InChI=1S/C18H20BrFN2O/c1-18(2,20)11-22-8-7-12-9-14(23)4-5-15(12)17(22)16-6-3-13(19)10-21-16/h3-6,9-10,17,23H,7-8,11H2,1-2H3. The molecule has 23 heavy (non-hydrogen) atoms. The van der Waals surface area contributed by atoms with Gasteiger partial charge in [-0.25, -0.2) is 4.39 Å². The molecule has 1 unspecified atom stereocenters. The van der Waals surface area contributed by atoms with Crippen LogP contribution in [0.1, 0.15) is 36.7 Å². The summed E-state index contributed by atoms with van der Waals surface area (Å²) in [5.41, 5.74) is 1.81. The first-order valence-electron chi connectivity index (χ1n) is 7.70. The van der Waals surface area contributed by atoms with E-state index in [4.69, 9.17) is 0 Å². The number of rotatable bonds is 3. The van der Waals surface area contributed by atoms with Gasteiger partial charge in [0.15, 0.2) is 0 Å². The molecule has 0 bridgehead atoms. The highest BCUT2D eigenvalue weighted by Crippen LogP contribution is 2.37. The van der Waals surface area contributed by atoms with Crippen molar-refractivity contribution >= 4 is 15.9 Å². The predicted octanol–water partition coefficient (Wildman–Crippen LogP) is 4.25. The van der Waals surface area contributed by atoms with Crippen LogP contribution in [0.4, 0.5) is 4.39 Å². The van der Waals surface area contributed by atoms with Crippen molar-refractivity contribution in [3.8, 4) is 5.75 Å². The van der Waals surface area contributed by atoms with Crippen molar-refractivity contribution in [2.24, 2.45) is 0 Å². The maximum Gasteiger partial charge on any atom is 0.118 e. The number of aromatic hydroxyl groups is 1. The quantitative estimate of drug-likeness (QED) is 0.867. The average Bonchev–Trinajstić information content (AvgIpc) is 2.47. The molecule has 122 valence electrons. The van der Waals surface area contributed by atoms with E-state index in [1.807, 2.05) is 18.2 Å². The molecule has 5 heteroatoms. The molecule has 1 aliphatic rings. The van der Waals surface area contributed by atoms with Gasteiger partial charge in [-0.1, -0.05) is 6.07 Å². The Morgan fingerprint density at radius 1 is 1.35 bits per heavy atom. The first-order chi connectivity index (χ1) is 10.8. The highest BCUT2D eigenvalue weighted by atomic mass is 79.9. The summed E-state index contributed by atoms with van der Waals surface area (Å²) in [7, 11) is 0. The molecule has 0 saturated heterocycles. The molecule has 0 radical (unpaired) electrons. The molecule has 3 nitrogen and oxygen atoms in total. The first kappa shape index (κ1) is 16.4. The summed E-state index contributed by atoms with van der Waals surface area (Å²) in [6, 6.07) is 9.25. The number of benzene rings is 1. The van der Waals surface area contributed by atoms with E-state index in [-0.39, 0.29) is 11.8 Å². The van der Waals surface area contributed by atoms with Crippen molar-refractivity contribution in [1.29, 1.82) is 0 Å². The second kappa shape index (κ2) is 6.21. The summed E-state index contributed by atoms with van der Waals surface area (Å²) in [4.78, 5) is 6.66. The lowest BCUT2D eigenvalue weighted by Gasteiger charge is -2.39. The molecule has 1 N–H and O–H groups in total. The van der Waals surface area contributed by atoms with Crippen LogP contribution < -0.4 is 0 Å². The van der Waals surface area contributed by atoms with E-state index >= 15 is 0 Å². The van der Waals surface area contributed by atoms with Crippen LogP contribution in [0.2, 0.25) is 0 Å². The van der Waals surface area contributed by atoms with Crippen LogP contribution in [0.15, 0.2) is 41.0 Å². The Morgan fingerprint density at radius 2 is 2.13 bits per heavy atom. The number of pyridine rings is 1. The third-order valence-electron chi connectivity index (χ3n) is 4.06. The second-order valence-electron chi connectivity index (χ2n) is 6.63. The van der Waals surface area contributed by atoms with Crippen LogP contribution >= 0.6 is 15.9 Å². The molecular formula is C18H20BrFN2O. The van der Waals surface area contributed by atoms with E-state index in [9.17, 15) is 9.50 Å². The highest BCUT2D eigenvalue weighted by molar-refractivity contribution is 9.10. The van der Waals surface area contributed by atoms with Crippen molar-refractivity contribution in [1.82, 2.24) is 9.88 Å². The maximum atomic E-state index is 14.3. The van der Waals surface area contributed by atoms with Gasteiger partial charge in [0.1, 0.15) is 11.4 Å². The third kappa shape index (κ3) is 3.72. The Balaban J connectivity index is 2.05. The molecule has 1 aromatic carbocycles. The van der Waals surface area contributed by atoms with Gasteiger partial charge in [0.2, 0.25) is 0 Å². The fourth-order valence-electron chi connectivity index (χ4n) is 3.21. The SMILES string of the molecule is CC(C)(F)CN1CCc2cc(O)ccc2C1c1ccc(Br)cn1. The molecule has 0 saturated carbocycles. The van der Waals surface area contributed by atoms with E-state index in [0.717, 1.165) is 34.3 Å². The number of fused-ring (bicyclic) bond motifs is 1. The normalized spacial score (nSPS) is 18.7.